The smallest absolute Gasteiger partial charge is 0.257 e. The molecule has 0 radical (unpaired) electrons. The van der Waals surface area contributed by atoms with E-state index in [-0.39, 0.29) is 17.8 Å². The minimum absolute atomic E-state index is 0.0503. The SMILES string of the molecule is Cc1ccc(C2CC(c3ccccc3F)=NN2C(=O)CN2CCc3ccccc3C2)c(C)c1. The van der Waals surface area contributed by atoms with Gasteiger partial charge in [0.25, 0.3) is 5.91 Å². The minimum atomic E-state index is -0.308. The summed E-state index contributed by atoms with van der Waals surface area (Å²) in [6, 6.07) is 21.1. The zero-order valence-electron chi connectivity index (χ0n) is 19.1. The number of rotatable bonds is 4. The highest BCUT2D eigenvalue weighted by atomic mass is 19.1. The van der Waals surface area contributed by atoms with E-state index in [2.05, 4.69) is 60.2 Å². The normalized spacial score (nSPS) is 18.2. The molecule has 2 heterocycles. The Balaban J connectivity index is 1.43. The summed E-state index contributed by atoms with van der Waals surface area (Å²) >= 11 is 0. The molecular weight excluding hydrogens is 413 g/mol. The van der Waals surface area contributed by atoms with Crippen LogP contribution in [-0.2, 0) is 17.8 Å². The highest BCUT2D eigenvalue weighted by Crippen LogP contribution is 2.35. The molecule has 33 heavy (non-hydrogen) atoms. The van der Waals surface area contributed by atoms with E-state index < -0.39 is 0 Å². The Bertz CT molecular complexity index is 1240. The third kappa shape index (κ3) is 4.33. The number of hydrogen-bond donors (Lipinski definition) is 0. The van der Waals surface area contributed by atoms with Crippen molar-refractivity contribution in [1.82, 2.24) is 9.91 Å². The Morgan fingerprint density at radius 3 is 2.58 bits per heavy atom. The van der Waals surface area contributed by atoms with Crippen molar-refractivity contribution in [2.75, 3.05) is 13.1 Å². The Kier molecular flexibility index (Phi) is 5.81. The van der Waals surface area contributed by atoms with E-state index in [1.807, 2.05) is 12.1 Å². The molecule has 4 nitrogen and oxygen atoms in total. The van der Waals surface area contributed by atoms with Gasteiger partial charge in [0.1, 0.15) is 5.82 Å². The summed E-state index contributed by atoms with van der Waals surface area (Å²) < 4.78 is 14.6. The molecule has 1 atom stereocenters. The number of benzene rings is 3. The molecule has 2 aliphatic heterocycles. The number of aryl methyl sites for hydroxylation is 2. The van der Waals surface area contributed by atoms with E-state index in [4.69, 9.17) is 0 Å². The van der Waals surface area contributed by atoms with Gasteiger partial charge in [-0.25, -0.2) is 9.40 Å². The summed E-state index contributed by atoms with van der Waals surface area (Å²) in [5.74, 6) is -0.358. The van der Waals surface area contributed by atoms with Crippen LogP contribution >= 0.6 is 0 Å². The fourth-order valence-corrected chi connectivity index (χ4v) is 4.99. The van der Waals surface area contributed by atoms with Gasteiger partial charge in [-0.1, -0.05) is 66.2 Å². The molecule has 0 aromatic heterocycles. The summed E-state index contributed by atoms with van der Waals surface area (Å²) in [7, 11) is 0. The first-order valence-corrected chi connectivity index (χ1v) is 11.5. The van der Waals surface area contributed by atoms with Gasteiger partial charge in [0, 0.05) is 25.1 Å². The lowest BCUT2D eigenvalue weighted by Gasteiger charge is -2.30. The van der Waals surface area contributed by atoms with Crippen LogP contribution in [0.25, 0.3) is 0 Å². The van der Waals surface area contributed by atoms with Crippen LogP contribution in [-0.4, -0.2) is 34.6 Å². The van der Waals surface area contributed by atoms with Crippen LogP contribution < -0.4 is 0 Å². The number of hydrazone groups is 1. The first kappa shape index (κ1) is 21.5. The van der Waals surface area contributed by atoms with Gasteiger partial charge in [-0.3, -0.25) is 9.69 Å². The van der Waals surface area contributed by atoms with Crippen molar-refractivity contribution >= 4 is 11.6 Å². The van der Waals surface area contributed by atoms with Crippen LogP contribution in [0, 0.1) is 19.7 Å². The monoisotopic (exact) mass is 441 g/mol. The second-order valence-corrected chi connectivity index (χ2v) is 9.07. The molecular formula is C28H28FN3O. The maximum absolute atomic E-state index is 14.6. The second-order valence-electron chi connectivity index (χ2n) is 9.07. The number of hydrogen-bond acceptors (Lipinski definition) is 3. The zero-order chi connectivity index (χ0) is 22.9. The number of halogens is 1. The minimum Gasteiger partial charge on any atom is -0.290 e. The highest BCUT2D eigenvalue weighted by molar-refractivity contribution is 6.03. The predicted molar refractivity (Wildman–Crippen MR) is 128 cm³/mol. The van der Waals surface area contributed by atoms with Crippen molar-refractivity contribution in [3.8, 4) is 0 Å². The average molecular weight is 442 g/mol. The Labute approximate surface area is 194 Å². The molecule has 0 aliphatic carbocycles. The molecule has 1 amide bonds. The van der Waals surface area contributed by atoms with Gasteiger partial charge in [0.2, 0.25) is 0 Å². The van der Waals surface area contributed by atoms with E-state index in [0.29, 0.717) is 24.2 Å². The van der Waals surface area contributed by atoms with E-state index >= 15 is 0 Å². The van der Waals surface area contributed by atoms with Crippen LogP contribution in [0.5, 0.6) is 0 Å². The molecule has 0 bridgehead atoms. The van der Waals surface area contributed by atoms with E-state index in [0.717, 1.165) is 30.6 Å². The van der Waals surface area contributed by atoms with Crippen molar-refractivity contribution in [1.29, 1.82) is 0 Å². The second kappa shape index (κ2) is 8.91. The van der Waals surface area contributed by atoms with Gasteiger partial charge in [0.05, 0.1) is 18.3 Å². The largest absolute Gasteiger partial charge is 0.290 e. The molecule has 2 aliphatic rings. The lowest BCUT2D eigenvalue weighted by atomic mass is 9.94. The Morgan fingerprint density at radius 2 is 1.79 bits per heavy atom. The summed E-state index contributed by atoms with van der Waals surface area (Å²) in [6.45, 7) is 6.02. The number of nitrogens with zero attached hydrogens (tertiary/aromatic N) is 3. The molecule has 0 saturated carbocycles. The van der Waals surface area contributed by atoms with Gasteiger partial charge >= 0.3 is 0 Å². The van der Waals surface area contributed by atoms with Gasteiger partial charge in [-0.05, 0) is 48.6 Å². The number of carbonyl (C=O) groups excluding carboxylic acids is 1. The lowest BCUT2D eigenvalue weighted by molar-refractivity contribution is -0.134. The van der Waals surface area contributed by atoms with Crippen molar-refractivity contribution in [3.05, 3.63) is 106 Å². The van der Waals surface area contributed by atoms with Gasteiger partial charge < -0.3 is 0 Å². The third-order valence-corrected chi connectivity index (χ3v) is 6.70. The van der Waals surface area contributed by atoms with Crippen LogP contribution in [0.4, 0.5) is 4.39 Å². The molecule has 0 saturated heterocycles. The molecule has 5 heteroatoms. The van der Waals surface area contributed by atoms with Gasteiger partial charge in [0.15, 0.2) is 0 Å². The van der Waals surface area contributed by atoms with Crippen LogP contribution in [0.3, 0.4) is 0 Å². The number of amides is 1. The van der Waals surface area contributed by atoms with Crippen molar-refractivity contribution < 1.29 is 9.18 Å². The molecule has 0 N–H and O–H groups in total. The Morgan fingerprint density at radius 1 is 1.03 bits per heavy atom. The van der Waals surface area contributed by atoms with Crippen LogP contribution in [0.2, 0.25) is 0 Å². The summed E-state index contributed by atoms with van der Waals surface area (Å²) in [6.07, 6.45) is 1.44. The van der Waals surface area contributed by atoms with E-state index in [1.165, 1.54) is 22.8 Å². The lowest BCUT2D eigenvalue weighted by Crippen LogP contribution is -2.40. The van der Waals surface area contributed by atoms with Gasteiger partial charge in [-0.15, -0.1) is 0 Å². The molecule has 1 unspecified atom stereocenters. The summed E-state index contributed by atoms with van der Waals surface area (Å²) in [4.78, 5) is 15.7. The fourth-order valence-electron chi connectivity index (χ4n) is 4.99. The average Bonchev–Trinajstić information content (AvgIpc) is 3.24. The third-order valence-electron chi connectivity index (χ3n) is 6.70. The maximum Gasteiger partial charge on any atom is 0.257 e. The number of fused-ring (bicyclic) bond motifs is 1. The van der Waals surface area contributed by atoms with E-state index in [1.54, 1.807) is 17.1 Å². The fraction of sp³-hybridized carbons (Fsp3) is 0.286. The summed E-state index contributed by atoms with van der Waals surface area (Å²) in [5, 5.41) is 6.28. The summed E-state index contributed by atoms with van der Waals surface area (Å²) in [5.41, 5.74) is 7.08. The van der Waals surface area contributed by atoms with E-state index in [9.17, 15) is 9.18 Å². The first-order valence-electron chi connectivity index (χ1n) is 11.5. The number of carbonyl (C=O) groups is 1. The van der Waals surface area contributed by atoms with Crippen molar-refractivity contribution in [2.45, 2.75) is 39.3 Å². The first-order chi connectivity index (χ1) is 16.0. The highest BCUT2D eigenvalue weighted by Gasteiger charge is 2.35. The van der Waals surface area contributed by atoms with Crippen LogP contribution in [0.1, 0.15) is 45.8 Å². The molecule has 0 fully saturated rings. The Hall–Kier alpha value is -3.31. The molecule has 0 spiro atoms. The maximum atomic E-state index is 14.6. The molecule has 168 valence electrons. The van der Waals surface area contributed by atoms with Gasteiger partial charge in [-0.2, -0.15) is 5.10 Å². The molecule has 3 aromatic carbocycles. The predicted octanol–water partition coefficient (Wildman–Crippen LogP) is 5.18. The molecule has 3 aromatic rings. The molecule has 5 rings (SSSR count). The zero-order valence-corrected chi connectivity index (χ0v) is 19.1. The quantitative estimate of drug-likeness (QED) is 0.559. The van der Waals surface area contributed by atoms with Crippen molar-refractivity contribution in [2.24, 2.45) is 5.10 Å². The van der Waals surface area contributed by atoms with Crippen LogP contribution in [0.15, 0.2) is 71.8 Å². The van der Waals surface area contributed by atoms with Crippen molar-refractivity contribution in [3.63, 3.8) is 0 Å². The topological polar surface area (TPSA) is 35.9 Å². The standard InChI is InChI=1S/C28H28FN3O/c1-19-11-12-23(20(2)15-19)27-16-26(24-9-5-6-10-25(24)29)30-32(27)28(33)18-31-14-13-21-7-3-4-8-22(21)17-31/h3-12,15,27H,13-14,16-18H2,1-2H3.